The van der Waals surface area contributed by atoms with Crippen molar-refractivity contribution >= 4 is 0 Å². The van der Waals surface area contributed by atoms with Gasteiger partial charge >= 0.3 is 5.69 Å². The molecule has 0 unspecified atom stereocenters. The molecule has 0 radical (unpaired) electrons. The van der Waals surface area contributed by atoms with Crippen molar-refractivity contribution in [2.24, 2.45) is 0 Å². The summed E-state index contributed by atoms with van der Waals surface area (Å²) in [7, 11) is 0. The molecule has 2 aromatic carbocycles. The van der Waals surface area contributed by atoms with Gasteiger partial charge in [0.25, 0.3) is 0 Å². The lowest BCUT2D eigenvalue weighted by Crippen LogP contribution is -2.21. The quantitative estimate of drug-likeness (QED) is 0.330. The Bertz CT molecular complexity index is 1290. The van der Waals surface area contributed by atoms with Gasteiger partial charge in [-0.25, -0.2) is 9.78 Å². The minimum atomic E-state index is -0.121. The molecule has 1 saturated carbocycles. The molecule has 0 atom stereocenters. The topological polar surface area (TPSA) is 63.2 Å². The van der Waals surface area contributed by atoms with Crippen LogP contribution in [-0.2, 0) is 6.54 Å². The van der Waals surface area contributed by atoms with Crippen molar-refractivity contribution in [3.63, 3.8) is 0 Å². The third-order valence-electron chi connectivity index (χ3n) is 6.48. The standard InChI is InChI=1S/C28H32N4O3/c1-21(2)27-29-15-16-30(27)19-20-34-24-11-7-22(8-12-24)31-17-18-32(28(31)33)23-9-13-26(14-10-23)35-25-5-3-4-6-25/h7-18,21,25H,3-6,19-20H2,1-2H3. The number of imidazole rings is 2. The molecule has 182 valence electrons. The molecule has 1 aliphatic carbocycles. The molecule has 4 aromatic rings. The van der Waals surface area contributed by atoms with E-state index in [2.05, 4.69) is 23.4 Å². The molecule has 1 aliphatic rings. The largest absolute Gasteiger partial charge is 0.492 e. The van der Waals surface area contributed by atoms with Gasteiger partial charge in [-0.05, 0) is 74.2 Å². The number of hydrogen-bond acceptors (Lipinski definition) is 4. The summed E-state index contributed by atoms with van der Waals surface area (Å²) in [6, 6.07) is 15.3. The molecule has 0 saturated heterocycles. The summed E-state index contributed by atoms with van der Waals surface area (Å²) in [4.78, 5) is 17.5. The van der Waals surface area contributed by atoms with Crippen molar-refractivity contribution in [2.45, 2.75) is 58.1 Å². The summed E-state index contributed by atoms with van der Waals surface area (Å²) in [5.74, 6) is 3.06. The van der Waals surface area contributed by atoms with Crippen molar-refractivity contribution < 1.29 is 9.47 Å². The number of aromatic nitrogens is 4. The number of nitrogens with zero attached hydrogens (tertiary/aromatic N) is 4. The fourth-order valence-electron chi connectivity index (χ4n) is 4.63. The molecule has 2 heterocycles. The Labute approximate surface area is 205 Å². The molecule has 7 heteroatoms. The zero-order valence-electron chi connectivity index (χ0n) is 20.3. The van der Waals surface area contributed by atoms with Crippen molar-refractivity contribution in [1.82, 2.24) is 18.7 Å². The van der Waals surface area contributed by atoms with Crippen molar-refractivity contribution in [3.8, 4) is 22.9 Å². The molecule has 35 heavy (non-hydrogen) atoms. The summed E-state index contributed by atoms with van der Waals surface area (Å²) in [6.45, 7) is 5.55. The lowest BCUT2D eigenvalue weighted by atomic mass is 10.2. The van der Waals surface area contributed by atoms with E-state index in [9.17, 15) is 4.79 Å². The van der Waals surface area contributed by atoms with E-state index in [1.807, 2.05) is 60.9 Å². The van der Waals surface area contributed by atoms with Gasteiger partial charge in [-0.2, -0.15) is 0 Å². The van der Waals surface area contributed by atoms with Crippen LogP contribution in [-0.4, -0.2) is 31.4 Å². The van der Waals surface area contributed by atoms with Gasteiger partial charge in [-0.3, -0.25) is 9.13 Å². The monoisotopic (exact) mass is 472 g/mol. The van der Waals surface area contributed by atoms with E-state index in [-0.39, 0.29) is 5.69 Å². The number of rotatable bonds is 9. The summed E-state index contributed by atoms with van der Waals surface area (Å²) in [5.41, 5.74) is 1.48. The van der Waals surface area contributed by atoms with Crippen molar-refractivity contribution in [1.29, 1.82) is 0 Å². The number of benzene rings is 2. The Morgan fingerprint density at radius 3 is 2.09 bits per heavy atom. The van der Waals surface area contributed by atoms with E-state index in [1.54, 1.807) is 21.5 Å². The highest BCUT2D eigenvalue weighted by atomic mass is 16.5. The fourth-order valence-corrected chi connectivity index (χ4v) is 4.63. The highest BCUT2D eigenvalue weighted by Gasteiger charge is 2.16. The first kappa shape index (κ1) is 23.0. The van der Waals surface area contributed by atoms with Crippen LogP contribution in [0.25, 0.3) is 11.4 Å². The average molecular weight is 473 g/mol. The molecular weight excluding hydrogens is 440 g/mol. The average Bonchev–Trinajstić information content (AvgIpc) is 3.62. The minimum Gasteiger partial charge on any atom is -0.492 e. The molecule has 7 nitrogen and oxygen atoms in total. The van der Waals surface area contributed by atoms with Crippen LogP contribution in [0.5, 0.6) is 11.5 Å². The van der Waals surface area contributed by atoms with Gasteiger partial charge in [0, 0.05) is 30.7 Å². The second-order valence-corrected chi connectivity index (χ2v) is 9.31. The van der Waals surface area contributed by atoms with E-state index in [0.29, 0.717) is 18.6 Å². The molecule has 0 amide bonds. The first-order valence-electron chi connectivity index (χ1n) is 12.4. The van der Waals surface area contributed by atoms with Crippen molar-refractivity contribution in [3.05, 3.63) is 89.6 Å². The zero-order chi connectivity index (χ0) is 24.2. The maximum atomic E-state index is 13.1. The van der Waals surface area contributed by atoms with Gasteiger partial charge in [0.15, 0.2) is 0 Å². The minimum absolute atomic E-state index is 0.121. The van der Waals surface area contributed by atoms with Gasteiger partial charge in [0.2, 0.25) is 0 Å². The Balaban J connectivity index is 1.22. The Morgan fingerprint density at radius 2 is 1.49 bits per heavy atom. The van der Waals surface area contributed by atoms with Gasteiger partial charge in [-0.15, -0.1) is 0 Å². The Morgan fingerprint density at radius 1 is 0.886 bits per heavy atom. The van der Waals surface area contributed by atoms with Crippen LogP contribution in [0.2, 0.25) is 0 Å². The number of ether oxygens (including phenoxy) is 2. The van der Waals surface area contributed by atoms with Crippen LogP contribution in [0.15, 0.2) is 78.1 Å². The molecule has 0 aliphatic heterocycles. The van der Waals surface area contributed by atoms with E-state index < -0.39 is 0 Å². The fraction of sp³-hybridized carbons (Fsp3) is 0.357. The second kappa shape index (κ2) is 10.3. The molecule has 0 spiro atoms. The predicted octanol–water partition coefficient (Wildman–Crippen LogP) is 5.35. The molecule has 0 bridgehead atoms. The van der Waals surface area contributed by atoms with Gasteiger partial charge in [0.1, 0.15) is 23.9 Å². The van der Waals surface area contributed by atoms with Gasteiger partial charge in [0.05, 0.1) is 24.0 Å². The normalized spacial score (nSPS) is 14.0. The first-order valence-corrected chi connectivity index (χ1v) is 12.4. The lowest BCUT2D eigenvalue weighted by Gasteiger charge is -2.13. The Kier molecular flexibility index (Phi) is 6.75. The molecule has 2 aromatic heterocycles. The highest BCUT2D eigenvalue weighted by Crippen LogP contribution is 2.25. The summed E-state index contributed by atoms with van der Waals surface area (Å²) < 4.78 is 17.3. The molecule has 0 N–H and O–H groups in total. The maximum Gasteiger partial charge on any atom is 0.337 e. The van der Waals surface area contributed by atoms with Crippen LogP contribution >= 0.6 is 0 Å². The molecular formula is C28H32N4O3. The van der Waals surface area contributed by atoms with Crippen LogP contribution in [0, 0.1) is 0 Å². The van der Waals surface area contributed by atoms with E-state index in [1.165, 1.54) is 12.8 Å². The molecule has 5 rings (SSSR count). The zero-order valence-corrected chi connectivity index (χ0v) is 20.3. The second-order valence-electron chi connectivity index (χ2n) is 9.31. The third kappa shape index (κ3) is 5.19. The maximum absolute atomic E-state index is 13.1. The van der Waals surface area contributed by atoms with Crippen LogP contribution in [0.3, 0.4) is 0 Å². The number of hydrogen-bond donors (Lipinski definition) is 0. The third-order valence-corrected chi connectivity index (χ3v) is 6.48. The smallest absolute Gasteiger partial charge is 0.337 e. The van der Waals surface area contributed by atoms with Crippen LogP contribution in [0.4, 0.5) is 0 Å². The van der Waals surface area contributed by atoms with Gasteiger partial charge < -0.3 is 14.0 Å². The van der Waals surface area contributed by atoms with E-state index >= 15 is 0 Å². The van der Waals surface area contributed by atoms with E-state index in [4.69, 9.17) is 9.47 Å². The first-order chi connectivity index (χ1) is 17.1. The SMILES string of the molecule is CC(C)c1nccn1CCOc1ccc(-n2ccn(-c3ccc(OC4CCCC4)cc3)c2=O)cc1. The highest BCUT2D eigenvalue weighted by molar-refractivity contribution is 5.40. The summed E-state index contributed by atoms with van der Waals surface area (Å²) in [5, 5.41) is 0. The lowest BCUT2D eigenvalue weighted by molar-refractivity contribution is 0.210. The summed E-state index contributed by atoms with van der Waals surface area (Å²) in [6.07, 6.45) is 12.4. The predicted molar refractivity (Wildman–Crippen MR) is 136 cm³/mol. The van der Waals surface area contributed by atoms with Crippen LogP contribution < -0.4 is 15.2 Å². The van der Waals surface area contributed by atoms with Crippen LogP contribution in [0.1, 0.15) is 51.3 Å². The van der Waals surface area contributed by atoms with Gasteiger partial charge in [-0.1, -0.05) is 13.8 Å². The molecule has 1 fully saturated rings. The summed E-state index contributed by atoms with van der Waals surface area (Å²) >= 11 is 0. The van der Waals surface area contributed by atoms with Crippen molar-refractivity contribution in [2.75, 3.05) is 6.61 Å². The van der Waals surface area contributed by atoms with E-state index in [0.717, 1.165) is 48.1 Å². The Hall–Kier alpha value is -3.74.